The normalized spacial score (nSPS) is 14.0. The zero-order chi connectivity index (χ0) is 17.8. The van der Waals surface area contributed by atoms with Crippen LogP contribution in [0.2, 0.25) is 0 Å². The standard InChI is InChI=1S/C19H16N2O4/c1-12-6-8-13(9-7-12)11-25-16-5-3-2-4-14(16)10-15-17(22)20-19(24)21-18(15)23/h2-10H,11H2,1H3,(H2,20,21,22,23,24). The number of ether oxygens (including phenoxy) is 1. The minimum absolute atomic E-state index is 0.147. The molecular formula is C19H16N2O4. The number of carbonyl (C=O) groups excluding carboxylic acids is 3. The molecule has 0 aromatic heterocycles. The first-order chi connectivity index (χ1) is 12.0. The first-order valence-electron chi connectivity index (χ1n) is 7.68. The fourth-order valence-corrected chi connectivity index (χ4v) is 2.34. The van der Waals surface area contributed by atoms with Crippen molar-refractivity contribution < 1.29 is 19.1 Å². The Kier molecular flexibility index (Phi) is 4.61. The Morgan fingerprint density at radius 2 is 1.56 bits per heavy atom. The number of amides is 4. The van der Waals surface area contributed by atoms with Crippen LogP contribution in [0.5, 0.6) is 5.75 Å². The molecule has 0 spiro atoms. The van der Waals surface area contributed by atoms with E-state index in [4.69, 9.17) is 4.74 Å². The third-order valence-corrected chi connectivity index (χ3v) is 3.68. The van der Waals surface area contributed by atoms with E-state index in [9.17, 15) is 14.4 Å². The van der Waals surface area contributed by atoms with E-state index < -0.39 is 17.8 Å². The lowest BCUT2D eigenvalue weighted by Crippen LogP contribution is -2.51. The summed E-state index contributed by atoms with van der Waals surface area (Å²) in [6, 6.07) is 14.2. The van der Waals surface area contributed by atoms with E-state index in [-0.39, 0.29) is 5.57 Å². The van der Waals surface area contributed by atoms with Gasteiger partial charge in [0, 0.05) is 5.56 Å². The van der Waals surface area contributed by atoms with Crippen LogP contribution >= 0.6 is 0 Å². The molecule has 4 amide bonds. The molecule has 1 aliphatic heterocycles. The maximum atomic E-state index is 11.8. The van der Waals surface area contributed by atoms with Crippen molar-refractivity contribution >= 4 is 23.9 Å². The van der Waals surface area contributed by atoms with Gasteiger partial charge in [-0.15, -0.1) is 0 Å². The number of aryl methyl sites for hydroxylation is 1. The first-order valence-corrected chi connectivity index (χ1v) is 7.68. The average Bonchev–Trinajstić information content (AvgIpc) is 2.58. The molecule has 1 aliphatic rings. The monoisotopic (exact) mass is 336 g/mol. The lowest BCUT2D eigenvalue weighted by Gasteiger charge is -2.15. The minimum atomic E-state index is -0.823. The van der Waals surface area contributed by atoms with E-state index in [2.05, 4.69) is 0 Å². The largest absolute Gasteiger partial charge is 0.488 e. The molecule has 2 aromatic carbocycles. The Morgan fingerprint density at radius 1 is 0.920 bits per heavy atom. The molecule has 0 unspecified atom stereocenters. The van der Waals surface area contributed by atoms with Gasteiger partial charge in [0.15, 0.2) is 0 Å². The highest BCUT2D eigenvalue weighted by atomic mass is 16.5. The Hall–Kier alpha value is -3.41. The van der Waals surface area contributed by atoms with Crippen LogP contribution in [0.15, 0.2) is 54.1 Å². The summed E-state index contributed by atoms with van der Waals surface area (Å²) in [6.07, 6.45) is 1.40. The highest BCUT2D eigenvalue weighted by Gasteiger charge is 2.27. The number of hydrogen-bond acceptors (Lipinski definition) is 4. The second-order valence-electron chi connectivity index (χ2n) is 5.61. The average molecular weight is 336 g/mol. The highest BCUT2D eigenvalue weighted by molar-refractivity contribution is 6.31. The Balaban J connectivity index is 1.82. The molecule has 6 heteroatoms. The molecule has 1 heterocycles. The molecule has 1 saturated heterocycles. The maximum absolute atomic E-state index is 11.8. The molecule has 6 nitrogen and oxygen atoms in total. The summed E-state index contributed by atoms with van der Waals surface area (Å²) in [5.41, 5.74) is 2.60. The minimum Gasteiger partial charge on any atom is -0.488 e. The van der Waals surface area contributed by atoms with Gasteiger partial charge in [-0.1, -0.05) is 48.0 Å². The molecule has 3 rings (SSSR count). The van der Waals surface area contributed by atoms with E-state index in [1.165, 1.54) is 6.08 Å². The van der Waals surface area contributed by atoms with Crippen molar-refractivity contribution in [2.45, 2.75) is 13.5 Å². The summed E-state index contributed by atoms with van der Waals surface area (Å²) >= 11 is 0. The molecule has 0 atom stereocenters. The maximum Gasteiger partial charge on any atom is 0.328 e. The van der Waals surface area contributed by atoms with E-state index in [0.29, 0.717) is 17.9 Å². The second kappa shape index (κ2) is 7.00. The molecule has 1 fully saturated rings. The summed E-state index contributed by atoms with van der Waals surface area (Å²) in [4.78, 5) is 34.8. The number of para-hydroxylation sites is 1. The van der Waals surface area contributed by atoms with Crippen LogP contribution < -0.4 is 15.4 Å². The van der Waals surface area contributed by atoms with Crippen molar-refractivity contribution in [3.63, 3.8) is 0 Å². The number of nitrogens with one attached hydrogen (secondary N) is 2. The predicted octanol–water partition coefficient (Wildman–Crippen LogP) is 2.32. The zero-order valence-electron chi connectivity index (χ0n) is 13.5. The van der Waals surface area contributed by atoms with Gasteiger partial charge in [-0.25, -0.2) is 4.79 Å². The van der Waals surface area contributed by atoms with E-state index in [0.717, 1.165) is 11.1 Å². The van der Waals surface area contributed by atoms with Crippen LogP contribution in [-0.4, -0.2) is 17.8 Å². The van der Waals surface area contributed by atoms with Crippen LogP contribution in [0, 0.1) is 6.92 Å². The van der Waals surface area contributed by atoms with E-state index in [1.807, 2.05) is 41.8 Å². The van der Waals surface area contributed by atoms with Crippen molar-refractivity contribution in [1.82, 2.24) is 10.6 Å². The Morgan fingerprint density at radius 3 is 2.24 bits per heavy atom. The number of carbonyl (C=O) groups is 3. The van der Waals surface area contributed by atoms with Crippen LogP contribution in [0.4, 0.5) is 4.79 Å². The van der Waals surface area contributed by atoms with E-state index >= 15 is 0 Å². The lowest BCUT2D eigenvalue weighted by atomic mass is 10.1. The molecule has 2 aromatic rings. The summed E-state index contributed by atoms with van der Waals surface area (Å²) in [6.45, 7) is 2.37. The molecule has 0 saturated carbocycles. The van der Waals surface area contributed by atoms with Gasteiger partial charge in [0.25, 0.3) is 11.8 Å². The van der Waals surface area contributed by atoms with Crippen LogP contribution in [0.1, 0.15) is 16.7 Å². The number of imide groups is 2. The molecule has 126 valence electrons. The van der Waals surface area contributed by atoms with Crippen LogP contribution in [0.25, 0.3) is 6.08 Å². The highest BCUT2D eigenvalue weighted by Crippen LogP contribution is 2.23. The summed E-state index contributed by atoms with van der Waals surface area (Å²) in [5.74, 6) is -0.933. The smallest absolute Gasteiger partial charge is 0.328 e. The number of urea groups is 1. The summed E-state index contributed by atoms with van der Waals surface area (Å²) in [7, 11) is 0. The molecule has 0 aliphatic carbocycles. The van der Waals surface area contributed by atoms with Gasteiger partial charge in [0.1, 0.15) is 17.9 Å². The van der Waals surface area contributed by atoms with Gasteiger partial charge < -0.3 is 4.74 Å². The van der Waals surface area contributed by atoms with Crippen molar-refractivity contribution in [2.24, 2.45) is 0 Å². The quantitative estimate of drug-likeness (QED) is 0.663. The van der Waals surface area contributed by atoms with Crippen molar-refractivity contribution in [3.05, 3.63) is 70.8 Å². The van der Waals surface area contributed by atoms with Crippen LogP contribution in [-0.2, 0) is 16.2 Å². The third kappa shape index (κ3) is 3.92. The van der Waals surface area contributed by atoms with Gasteiger partial charge in [-0.2, -0.15) is 0 Å². The van der Waals surface area contributed by atoms with E-state index in [1.54, 1.807) is 24.3 Å². The SMILES string of the molecule is Cc1ccc(COc2ccccc2C=C2C(=O)NC(=O)NC2=O)cc1. The van der Waals surface area contributed by atoms with Crippen molar-refractivity contribution in [1.29, 1.82) is 0 Å². The Labute approximate surface area is 144 Å². The van der Waals surface area contributed by atoms with Gasteiger partial charge >= 0.3 is 6.03 Å². The van der Waals surface area contributed by atoms with Crippen molar-refractivity contribution in [3.8, 4) is 5.75 Å². The molecular weight excluding hydrogens is 320 g/mol. The van der Waals surface area contributed by atoms with Gasteiger partial charge in [-0.3, -0.25) is 20.2 Å². The predicted molar refractivity (Wildman–Crippen MR) is 91.6 cm³/mol. The van der Waals surface area contributed by atoms with Gasteiger partial charge in [0.2, 0.25) is 0 Å². The zero-order valence-corrected chi connectivity index (χ0v) is 13.5. The molecule has 0 bridgehead atoms. The lowest BCUT2D eigenvalue weighted by molar-refractivity contribution is -0.123. The fraction of sp³-hybridized carbons (Fsp3) is 0.105. The summed E-state index contributed by atoms with van der Waals surface area (Å²) < 4.78 is 5.82. The van der Waals surface area contributed by atoms with Gasteiger partial charge in [-0.05, 0) is 24.6 Å². The van der Waals surface area contributed by atoms with Gasteiger partial charge in [0.05, 0.1) is 0 Å². The summed E-state index contributed by atoms with van der Waals surface area (Å²) in [5, 5.41) is 4.09. The third-order valence-electron chi connectivity index (χ3n) is 3.68. The first kappa shape index (κ1) is 16.4. The number of hydrogen-bond donors (Lipinski definition) is 2. The number of rotatable bonds is 4. The molecule has 2 N–H and O–H groups in total. The molecule has 25 heavy (non-hydrogen) atoms. The molecule has 0 radical (unpaired) electrons. The second-order valence-corrected chi connectivity index (χ2v) is 5.61. The van der Waals surface area contributed by atoms with Crippen molar-refractivity contribution in [2.75, 3.05) is 0 Å². The topological polar surface area (TPSA) is 84.5 Å². The van der Waals surface area contributed by atoms with Crippen LogP contribution in [0.3, 0.4) is 0 Å². The number of barbiturate groups is 1. The number of benzene rings is 2. The fourth-order valence-electron chi connectivity index (χ4n) is 2.34. The Bertz CT molecular complexity index is 847.